The van der Waals surface area contributed by atoms with Crippen LogP contribution in [0, 0.1) is 0 Å². The second kappa shape index (κ2) is 8.34. The Bertz CT molecular complexity index is 581. The van der Waals surface area contributed by atoms with Crippen molar-refractivity contribution in [1.29, 1.82) is 0 Å². The molecule has 0 bridgehead atoms. The first-order chi connectivity index (χ1) is 10.7. The van der Waals surface area contributed by atoms with E-state index in [1.807, 2.05) is 30.6 Å². The number of hydrogen-bond acceptors (Lipinski definition) is 3. The molecule has 0 aliphatic heterocycles. The average molecular weight is 301 g/mol. The van der Waals surface area contributed by atoms with Gasteiger partial charge in [-0.2, -0.15) is 0 Å². The first kappa shape index (κ1) is 16.2. The fourth-order valence-electron chi connectivity index (χ4n) is 2.49. The van der Waals surface area contributed by atoms with Crippen molar-refractivity contribution < 1.29 is 9.90 Å². The number of aromatic nitrogens is 2. The van der Waals surface area contributed by atoms with Gasteiger partial charge in [-0.1, -0.05) is 30.3 Å². The molecule has 0 aliphatic carbocycles. The highest BCUT2D eigenvalue weighted by Crippen LogP contribution is 2.10. The maximum absolute atomic E-state index is 10.7. The molecule has 0 amide bonds. The molecule has 5 heteroatoms. The van der Waals surface area contributed by atoms with Crippen LogP contribution in [0.4, 0.5) is 0 Å². The molecule has 1 aromatic carbocycles. The maximum atomic E-state index is 10.7. The van der Waals surface area contributed by atoms with E-state index in [0.29, 0.717) is 6.42 Å². The molecule has 0 saturated heterocycles. The number of nitrogens with zero attached hydrogens (tertiary/aromatic N) is 3. The topological polar surface area (TPSA) is 58.4 Å². The molecular formula is C17H23N3O2. The van der Waals surface area contributed by atoms with Crippen molar-refractivity contribution in [3.8, 4) is 0 Å². The quantitative estimate of drug-likeness (QED) is 0.773. The summed E-state index contributed by atoms with van der Waals surface area (Å²) in [5, 5.41) is 8.82. The number of carboxylic acids is 1. The molecule has 0 atom stereocenters. The third kappa shape index (κ3) is 5.00. The minimum absolute atomic E-state index is 0.202. The van der Waals surface area contributed by atoms with Gasteiger partial charge < -0.3 is 9.67 Å². The van der Waals surface area contributed by atoms with Crippen molar-refractivity contribution in [1.82, 2.24) is 14.5 Å². The summed E-state index contributed by atoms with van der Waals surface area (Å²) in [5.41, 5.74) is 1.23. The van der Waals surface area contributed by atoms with Crippen LogP contribution in [0.1, 0.15) is 31.2 Å². The zero-order chi connectivity index (χ0) is 15.8. The van der Waals surface area contributed by atoms with Gasteiger partial charge in [-0.25, -0.2) is 4.98 Å². The van der Waals surface area contributed by atoms with Crippen molar-refractivity contribution in [2.24, 2.45) is 0 Å². The lowest BCUT2D eigenvalue weighted by Gasteiger charge is -2.22. The van der Waals surface area contributed by atoms with Gasteiger partial charge in [0.25, 0.3) is 0 Å². The third-order valence-electron chi connectivity index (χ3n) is 3.62. The van der Waals surface area contributed by atoms with Crippen molar-refractivity contribution in [2.75, 3.05) is 6.54 Å². The Labute approximate surface area is 131 Å². The van der Waals surface area contributed by atoms with Crippen LogP contribution in [0.2, 0.25) is 0 Å². The minimum atomic E-state index is -0.741. The minimum Gasteiger partial charge on any atom is -0.481 e. The number of aliphatic carboxylic acids is 1. The first-order valence-corrected chi connectivity index (χ1v) is 7.67. The van der Waals surface area contributed by atoms with Crippen molar-refractivity contribution >= 4 is 5.97 Å². The van der Waals surface area contributed by atoms with E-state index in [-0.39, 0.29) is 6.42 Å². The normalized spacial score (nSPS) is 11.0. The molecule has 1 N–H and O–H groups in total. The molecule has 2 rings (SSSR count). The molecule has 118 valence electrons. The maximum Gasteiger partial charge on any atom is 0.303 e. The summed E-state index contributed by atoms with van der Waals surface area (Å²) in [4.78, 5) is 17.4. The van der Waals surface area contributed by atoms with E-state index in [1.54, 1.807) is 0 Å². The summed E-state index contributed by atoms with van der Waals surface area (Å²) in [6.07, 6.45) is 4.65. The van der Waals surface area contributed by atoms with Gasteiger partial charge in [-0.15, -0.1) is 0 Å². The highest BCUT2D eigenvalue weighted by Gasteiger charge is 2.11. The Kier molecular flexibility index (Phi) is 6.15. The Morgan fingerprint density at radius 3 is 2.73 bits per heavy atom. The van der Waals surface area contributed by atoms with Crippen LogP contribution >= 0.6 is 0 Å². The van der Waals surface area contributed by atoms with E-state index in [4.69, 9.17) is 5.11 Å². The fraction of sp³-hybridized carbons (Fsp3) is 0.412. The largest absolute Gasteiger partial charge is 0.481 e. The first-order valence-electron chi connectivity index (χ1n) is 7.67. The Balaban J connectivity index is 2.02. The summed E-state index contributed by atoms with van der Waals surface area (Å²) < 4.78 is 2.12. The number of hydrogen-bond donors (Lipinski definition) is 1. The molecule has 1 heterocycles. The predicted octanol–water partition coefficient (Wildman–Crippen LogP) is 2.77. The number of rotatable bonds is 9. The van der Waals surface area contributed by atoms with Crippen LogP contribution < -0.4 is 0 Å². The molecule has 0 aliphatic rings. The Morgan fingerprint density at radius 2 is 2.05 bits per heavy atom. The molecule has 22 heavy (non-hydrogen) atoms. The van der Waals surface area contributed by atoms with Crippen LogP contribution in [0.3, 0.4) is 0 Å². The molecule has 0 saturated carbocycles. The van der Waals surface area contributed by atoms with Crippen molar-refractivity contribution in [2.45, 2.75) is 39.4 Å². The van der Waals surface area contributed by atoms with E-state index in [0.717, 1.165) is 32.0 Å². The summed E-state index contributed by atoms with van der Waals surface area (Å²) in [6.45, 7) is 5.27. The van der Waals surface area contributed by atoms with Gasteiger partial charge in [0.2, 0.25) is 0 Å². The molecule has 0 fully saturated rings. The second-order valence-electron chi connectivity index (χ2n) is 5.32. The van der Waals surface area contributed by atoms with Crippen molar-refractivity contribution in [3.63, 3.8) is 0 Å². The Morgan fingerprint density at radius 1 is 1.27 bits per heavy atom. The molecule has 0 spiro atoms. The zero-order valence-electron chi connectivity index (χ0n) is 13.0. The van der Waals surface area contributed by atoms with E-state index >= 15 is 0 Å². The summed E-state index contributed by atoms with van der Waals surface area (Å²) in [7, 11) is 0. The fourth-order valence-corrected chi connectivity index (χ4v) is 2.49. The van der Waals surface area contributed by atoms with E-state index in [1.165, 1.54) is 5.56 Å². The monoisotopic (exact) mass is 301 g/mol. The second-order valence-corrected chi connectivity index (χ2v) is 5.32. The molecule has 2 aromatic rings. The van der Waals surface area contributed by atoms with Crippen LogP contribution in [0.25, 0.3) is 0 Å². The van der Waals surface area contributed by atoms with Crippen LogP contribution in [0.5, 0.6) is 0 Å². The third-order valence-corrected chi connectivity index (χ3v) is 3.62. The summed E-state index contributed by atoms with van der Waals surface area (Å²) >= 11 is 0. The Hall–Kier alpha value is -2.14. The van der Waals surface area contributed by atoms with Gasteiger partial charge in [-0.3, -0.25) is 9.69 Å². The lowest BCUT2D eigenvalue weighted by atomic mass is 10.2. The van der Waals surface area contributed by atoms with Gasteiger partial charge in [0, 0.05) is 31.9 Å². The molecule has 0 radical (unpaired) electrons. The molecule has 1 aromatic heterocycles. The molecular weight excluding hydrogens is 278 g/mol. The van der Waals surface area contributed by atoms with Gasteiger partial charge in [0.1, 0.15) is 5.82 Å². The van der Waals surface area contributed by atoms with Crippen LogP contribution in [0.15, 0.2) is 42.7 Å². The van der Waals surface area contributed by atoms with Gasteiger partial charge in [0.05, 0.1) is 6.54 Å². The number of benzene rings is 1. The van der Waals surface area contributed by atoms with Crippen LogP contribution in [-0.4, -0.2) is 32.1 Å². The molecule has 5 nitrogen and oxygen atoms in total. The van der Waals surface area contributed by atoms with Crippen molar-refractivity contribution in [3.05, 3.63) is 54.1 Å². The highest BCUT2D eigenvalue weighted by atomic mass is 16.4. The predicted molar refractivity (Wildman–Crippen MR) is 85.3 cm³/mol. The lowest BCUT2D eigenvalue weighted by molar-refractivity contribution is -0.137. The number of carboxylic acid groups (broad SMARTS) is 1. The number of imidazole rings is 1. The standard InChI is InChI=1S/C17H23N3O2/c1-2-20-12-10-18-16(20)14-19(11-6-9-17(21)22)13-15-7-4-3-5-8-15/h3-5,7-8,10,12H,2,6,9,11,13-14H2,1H3,(H,21,22). The number of aryl methyl sites for hydroxylation is 1. The van der Waals surface area contributed by atoms with E-state index < -0.39 is 5.97 Å². The van der Waals surface area contributed by atoms with E-state index in [9.17, 15) is 4.79 Å². The van der Waals surface area contributed by atoms with Gasteiger partial charge in [-0.05, 0) is 25.5 Å². The van der Waals surface area contributed by atoms with Gasteiger partial charge in [0.15, 0.2) is 0 Å². The number of carbonyl (C=O) groups is 1. The lowest BCUT2D eigenvalue weighted by Crippen LogP contribution is -2.26. The summed E-state index contributed by atoms with van der Waals surface area (Å²) in [6, 6.07) is 10.2. The highest BCUT2D eigenvalue weighted by molar-refractivity contribution is 5.66. The smallest absolute Gasteiger partial charge is 0.303 e. The SMILES string of the molecule is CCn1ccnc1CN(CCCC(=O)O)Cc1ccccc1. The van der Waals surface area contributed by atoms with Gasteiger partial charge >= 0.3 is 5.97 Å². The van der Waals surface area contributed by atoms with E-state index in [2.05, 4.69) is 33.5 Å². The average Bonchev–Trinajstić information content (AvgIpc) is 2.95. The van der Waals surface area contributed by atoms with Crippen LogP contribution in [-0.2, 0) is 24.4 Å². The zero-order valence-corrected chi connectivity index (χ0v) is 13.0. The molecule has 0 unspecified atom stereocenters. The summed E-state index contributed by atoms with van der Waals surface area (Å²) in [5.74, 6) is 0.281.